The van der Waals surface area contributed by atoms with Gasteiger partial charge in [0, 0.05) is 17.7 Å². The molecule has 8 N–H and O–H groups in total. The van der Waals surface area contributed by atoms with Crippen molar-refractivity contribution in [3.8, 4) is 34.3 Å². The average molecular weight is 579 g/mol. The normalized spacial score (nSPS) is 34.0. The van der Waals surface area contributed by atoms with Gasteiger partial charge in [-0.15, -0.1) is 0 Å². The average Bonchev–Trinajstić information content (AvgIpc) is 2.92. The van der Waals surface area contributed by atoms with E-state index in [0.29, 0.717) is 0 Å². The fourth-order valence-electron chi connectivity index (χ4n) is 4.82. The van der Waals surface area contributed by atoms with Crippen molar-refractivity contribution in [2.45, 2.75) is 75.3 Å². The fourth-order valence-corrected chi connectivity index (χ4v) is 4.82. The molecule has 0 bridgehead atoms. The Balaban J connectivity index is 1.59. The zero-order valence-electron chi connectivity index (χ0n) is 21.8. The Morgan fingerprint density at radius 3 is 2.00 bits per heavy atom. The van der Waals surface area contributed by atoms with Gasteiger partial charge in [0.1, 0.15) is 58.7 Å². The molecule has 0 amide bonds. The molecule has 3 aromatic rings. The summed E-state index contributed by atoms with van der Waals surface area (Å²) in [5.41, 5.74) is -0.855. The van der Waals surface area contributed by atoms with Gasteiger partial charge < -0.3 is 64.2 Å². The lowest BCUT2D eigenvalue weighted by atomic mass is 9.98. The van der Waals surface area contributed by atoms with Gasteiger partial charge in [-0.1, -0.05) is 0 Å². The van der Waals surface area contributed by atoms with Gasteiger partial charge in [0.25, 0.3) is 0 Å². The topological polar surface area (TPSA) is 229 Å². The number of hydrogen-bond acceptors (Lipinski definition) is 14. The minimum atomic E-state index is -1.77. The highest BCUT2D eigenvalue weighted by Gasteiger charge is 2.50. The van der Waals surface area contributed by atoms with Crippen LogP contribution < -0.4 is 10.2 Å². The van der Waals surface area contributed by atoms with Crippen LogP contribution in [0.15, 0.2) is 45.6 Å². The van der Waals surface area contributed by atoms with Crippen LogP contribution in [-0.4, -0.2) is 102 Å². The Labute approximate surface area is 231 Å². The molecule has 2 aliphatic rings. The lowest BCUT2D eigenvalue weighted by Crippen LogP contribution is -2.63. The molecule has 5 rings (SSSR count). The van der Waals surface area contributed by atoms with E-state index in [1.807, 2.05) is 0 Å². The predicted octanol–water partition coefficient (Wildman–Crippen LogP) is -0.365. The van der Waals surface area contributed by atoms with Gasteiger partial charge in [0.05, 0.1) is 12.2 Å². The number of aliphatic hydroxyl groups excluding tert-OH is 5. The van der Waals surface area contributed by atoms with Crippen LogP contribution in [0.1, 0.15) is 13.8 Å². The van der Waals surface area contributed by atoms with Crippen molar-refractivity contribution in [1.82, 2.24) is 0 Å². The van der Waals surface area contributed by atoms with Crippen LogP contribution in [-0.2, 0) is 14.2 Å². The molecular formula is C27H30O14. The lowest BCUT2D eigenvalue weighted by Gasteiger charge is -2.45. The monoisotopic (exact) mass is 578 g/mol. The second-order valence-electron chi connectivity index (χ2n) is 10.1. The molecule has 10 atom stereocenters. The maximum atomic E-state index is 13.7. The van der Waals surface area contributed by atoms with Crippen LogP contribution in [0, 0.1) is 0 Å². The number of aromatic hydroxyl groups is 3. The first kappa shape index (κ1) is 29.0. The van der Waals surface area contributed by atoms with E-state index in [9.17, 15) is 45.6 Å². The van der Waals surface area contributed by atoms with Crippen LogP contribution in [0.5, 0.6) is 23.0 Å². The summed E-state index contributed by atoms with van der Waals surface area (Å²) in [4.78, 5) is 13.7. The third-order valence-corrected chi connectivity index (χ3v) is 7.17. The van der Waals surface area contributed by atoms with E-state index in [4.69, 9.17) is 23.4 Å². The Bertz CT molecular complexity index is 1460. The van der Waals surface area contributed by atoms with Crippen LogP contribution in [0.4, 0.5) is 0 Å². The molecule has 0 spiro atoms. The number of phenolic OH excluding ortho intramolecular Hbond substituents is 3. The minimum Gasteiger partial charge on any atom is -0.508 e. The van der Waals surface area contributed by atoms with E-state index in [-0.39, 0.29) is 33.8 Å². The predicted molar refractivity (Wildman–Crippen MR) is 137 cm³/mol. The van der Waals surface area contributed by atoms with E-state index < -0.39 is 78.3 Å². The van der Waals surface area contributed by atoms with Gasteiger partial charge in [0.2, 0.25) is 17.5 Å². The number of aliphatic hydroxyl groups is 5. The molecule has 0 saturated carbocycles. The number of hydrogen-bond donors (Lipinski definition) is 8. The Morgan fingerprint density at radius 1 is 0.732 bits per heavy atom. The van der Waals surface area contributed by atoms with Crippen molar-refractivity contribution < 1.29 is 64.2 Å². The van der Waals surface area contributed by atoms with E-state index in [0.717, 1.165) is 12.1 Å². The molecule has 0 unspecified atom stereocenters. The summed E-state index contributed by atoms with van der Waals surface area (Å²) in [6.45, 7) is 2.84. The van der Waals surface area contributed by atoms with Crippen molar-refractivity contribution >= 4 is 11.0 Å². The van der Waals surface area contributed by atoms with Crippen LogP contribution in [0.25, 0.3) is 22.3 Å². The van der Waals surface area contributed by atoms with Crippen molar-refractivity contribution in [2.24, 2.45) is 0 Å². The minimum absolute atomic E-state index is 0.0859. The first-order valence-electron chi connectivity index (χ1n) is 12.7. The van der Waals surface area contributed by atoms with Crippen LogP contribution in [0.3, 0.4) is 0 Å². The molecule has 14 nitrogen and oxygen atoms in total. The maximum absolute atomic E-state index is 13.7. The van der Waals surface area contributed by atoms with Gasteiger partial charge in [-0.2, -0.15) is 0 Å². The van der Waals surface area contributed by atoms with Crippen LogP contribution in [0.2, 0.25) is 0 Å². The molecule has 41 heavy (non-hydrogen) atoms. The molecule has 2 aromatic carbocycles. The molecule has 2 saturated heterocycles. The van der Waals surface area contributed by atoms with Gasteiger partial charge >= 0.3 is 0 Å². The molecule has 3 heterocycles. The van der Waals surface area contributed by atoms with Gasteiger partial charge in [-0.3, -0.25) is 4.79 Å². The molecule has 14 heteroatoms. The summed E-state index contributed by atoms with van der Waals surface area (Å²) in [6.07, 6.45) is -15.0. The maximum Gasteiger partial charge on any atom is 0.239 e. The molecule has 2 aliphatic heterocycles. The van der Waals surface area contributed by atoms with E-state index >= 15 is 0 Å². The van der Waals surface area contributed by atoms with E-state index in [1.165, 1.54) is 38.1 Å². The SMILES string of the molecule is C[C@@H]1O[C@@H](Oc2c(-c3ccc(O)cc3)oc3cc(O)cc(O)c3c2=O)[C@H](O[C@@H]2O[C@H](C)[C@@H](O)[C@H](O)[C@H]2O)[C@H](O)[C@H]1O. The summed E-state index contributed by atoms with van der Waals surface area (Å²) in [6, 6.07) is 7.49. The lowest BCUT2D eigenvalue weighted by molar-refractivity contribution is -0.352. The molecule has 0 aliphatic carbocycles. The summed E-state index contributed by atoms with van der Waals surface area (Å²) in [5, 5.41) is 81.8. The third kappa shape index (κ3) is 5.31. The number of benzene rings is 2. The van der Waals surface area contributed by atoms with Crippen molar-refractivity contribution in [1.29, 1.82) is 0 Å². The number of ether oxygens (including phenoxy) is 4. The molecular weight excluding hydrogens is 548 g/mol. The van der Waals surface area contributed by atoms with E-state index in [1.54, 1.807) is 0 Å². The van der Waals surface area contributed by atoms with Crippen molar-refractivity contribution in [2.75, 3.05) is 0 Å². The number of rotatable bonds is 5. The summed E-state index contributed by atoms with van der Waals surface area (Å²) in [7, 11) is 0. The van der Waals surface area contributed by atoms with Crippen molar-refractivity contribution in [3.63, 3.8) is 0 Å². The first-order chi connectivity index (χ1) is 19.4. The standard InChI is InChI=1S/C27H30O14/c1-9-17(31)20(34)22(36)26(37-9)41-25-21(35)18(32)10(2)38-27(25)40-24-19(33)16-14(30)7-13(29)8-15(16)39-23(24)11-3-5-12(28)6-4-11/h3-10,17-18,20-22,25-32,34-36H,1-2H3/t9-,10+,17-,18+,20+,21-,22-,25-,26+,27+/m1/s1. The second kappa shape index (κ2) is 11.1. The molecule has 0 radical (unpaired) electrons. The highest BCUT2D eigenvalue weighted by atomic mass is 16.8. The van der Waals surface area contributed by atoms with Crippen LogP contribution >= 0.6 is 0 Å². The molecule has 1 aromatic heterocycles. The van der Waals surface area contributed by atoms with Gasteiger partial charge in [-0.25, -0.2) is 0 Å². The van der Waals surface area contributed by atoms with Gasteiger partial charge in [-0.05, 0) is 38.1 Å². The Morgan fingerprint density at radius 2 is 1.34 bits per heavy atom. The Hall–Kier alpha value is -3.47. The smallest absolute Gasteiger partial charge is 0.239 e. The van der Waals surface area contributed by atoms with E-state index in [2.05, 4.69) is 0 Å². The van der Waals surface area contributed by atoms with Crippen molar-refractivity contribution in [3.05, 3.63) is 46.6 Å². The second-order valence-corrected chi connectivity index (χ2v) is 10.1. The summed E-state index contributed by atoms with van der Waals surface area (Å²) < 4.78 is 28.7. The zero-order valence-corrected chi connectivity index (χ0v) is 21.8. The largest absolute Gasteiger partial charge is 0.508 e. The quantitative estimate of drug-likeness (QED) is 0.193. The Kier molecular flexibility index (Phi) is 7.84. The molecule has 222 valence electrons. The summed E-state index contributed by atoms with van der Waals surface area (Å²) >= 11 is 0. The summed E-state index contributed by atoms with van der Waals surface area (Å²) in [5.74, 6) is -1.81. The fraction of sp³-hybridized carbons (Fsp3) is 0.444. The van der Waals surface area contributed by atoms with Gasteiger partial charge in [0.15, 0.2) is 18.2 Å². The first-order valence-corrected chi connectivity index (χ1v) is 12.7. The third-order valence-electron chi connectivity index (χ3n) is 7.17. The highest BCUT2D eigenvalue weighted by Crippen LogP contribution is 2.38. The molecule has 2 fully saturated rings. The number of phenols is 3. The highest BCUT2D eigenvalue weighted by molar-refractivity contribution is 5.88. The zero-order chi connectivity index (χ0) is 29.7. The number of fused-ring (bicyclic) bond motifs is 1.